The summed E-state index contributed by atoms with van der Waals surface area (Å²) in [5.41, 5.74) is -1.26. The second-order valence-corrected chi connectivity index (χ2v) is 4.99. The van der Waals surface area contributed by atoms with Crippen molar-refractivity contribution in [1.29, 1.82) is 0 Å². The molecule has 0 atom stereocenters. The largest absolute Gasteiger partial charge is 0.418 e. The van der Waals surface area contributed by atoms with Crippen LogP contribution in [0.25, 0.3) is 0 Å². The normalized spacial score (nSPS) is 16.9. The number of benzene rings is 1. The molecule has 2 N–H and O–H groups in total. The Kier molecular flexibility index (Phi) is 3.20. The zero-order valence-electron chi connectivity index (χ0n) is 10.7. The quantitative estimate of drug-likeness (QED) is 0.888. The van der Waals surface area contributed by atoms with Crippen molar-refractivity contribution in [3.05, 3.63) is 29.3 Å². The fraction of sp³-hybridized carbons (Fsp3) is 0.462. The van der Waals surface area contributed by atoms with Crippen LogP contribution in [-0.2, 0) is 6.18 Å². The van der Waals surface area contributed by atoms with Gasteiger partial charge in [0.05, 0.1) is 16.8 Å². The van der Waals surface area contributed by atoms with E-state index >= 15 is 0 Å². The van der Waals surface area contributed by atoms with Gasteiger partial charge in [0.15, 0.2) is 0 Å². The maximum absolute atomic E-state index is 12.9. The first-order valence-electron chi connectivity index (χ1n) is 5.97. The third kappa shape index (κ3) is 2.83. The van der Waals surface area contributed by atoms with E-state index in [2.05, 4.69) is 10.6 Å². The lowest BCUT2D eigenvalue weighted by molar-refractivity contribution is -0.136. The zero-order chi connectivity index (χ0) is 14.3. The molecule has 2 rings (SSSR count). The van der Waals surface area contributed by atoms with E-state index in [1.165, 1.54) is 19.2 Å². The number of halogens is 3. The van der Waals surface area contributed by atoms with Gasteiger partial charge in [-0.25, -0.2) is 0 Å². The molecular weight excluding hydrogens is 257 g/mol. The highest BCUT2D eigenvalue weighted by atomic mass is 19.4. The molecular formula is C13H15F3N2O. The summed E-state index contributed by atoms with van der Waals surface area (Å²) >= 11 is 0. The number of para-hydroxylation sites is 1. The topological polar surface area (TPSA) is 41.1 Å². The number of alkyl halides is 3. The zero-order valence-corrected chi connectivity index (χ0v) is 10.7. The summed E-state index contributed by atoms with van der Waals surface area (Å²) in [5, 5.41) is 5.23. The maximum atomic E-state index is 12.9. The number of nitrogens with one attached hydrogen (secondary N) is 2. The fourth-order valence-corrected chi connectivity index (χ4v) is 1.90. The van der Waals surface area contributed by atoms with Crippen LogP contribution in [0.5, 0.6) is 0 Å². The van der Waals surface area contributed by atoms with Gasteiger partial charge in [0.25, 0.3) is 5.91 Å². The predicted molar refractivity (Wildman–Crippen MR) is 66.1 cm³/mol. The van der Waals surface area contributed by atoms with Crippen molar-refractivity contribution in [1.82, 2.24) is 5.32 Å². The molecule has 0 saturated heterocycles. The second-order valence-electron chi connectivity index (χ2n) is 4.99. The van der Waals surface area contributed by atoms with E-state index in [4.69, 9.17) is 0 Å². The van der Waals surface area contributed by atoms with Gasteiger partial charge in [-0.1, -0.05) is 6.07 Å². The Hall–Kier alpha value is -1.72. The molecule has 1 aromatic rings. The Morgan fingerprint density at radius 1 is 1.32 bits per heavy atom. The van der Waals surface area contributed by atoms with Gasteiger partial charge in [0.2, 0.25) is 0 Å². The molecule has 1 aliphatic rings. The van der Waals surface area contributed by atoms with Crippen LogP contribution in [0.1, 0.15) is 35.7 Å². The standard InChI is InChI=1S/C13H15F3N2O/c1-12(6-7-12)18-11(19)8-4-3-5-9(10(8)17-2)13(14,15)16/h3-5,17H,6-7H2,1-2H3,(H,18,19). The first-order valence-corrected chi connectivity index (χ1v) is 5.97. The Balaban J connectivity index is 2.37. The number of amides is 1. The predicted octanol–water partition coefficient (Wildman–Crippen LogP) is 3.03. The van der Waals surface area contributed by atoms with E-state index in [0.717, 1.165) is 18.9 Å². The van der Waals surface area contributed by atoms with Crippen molar-refractivity contribution in [2.24, 2.45) is 0 Å². The van der Waals surface area contributed by atoms with E-state index < -0.39 is 17.6 Å². The van der Waals surface area contributed by atoms with Crippen molar-refractivity contribution < 1.29 is 18.0 Å². The highest BCUT2D eigenvalue weighted by Crippen LogP contribution is 2.38. The van der Waals surface area contributed by atoms with E-state index in [0.29, 0.717) is 0 Å². The lowest BCUT2D eigenvalue weighted by Gasteiger charge is -2.18. The fourth-order valence-electron chi connectivity index (χ4n) is 1.90. The number of hydrogen-bond acceptors (Lipinski definition) is 2. The van der Waals surface area contributed by atoms with Gasteiger partial charge < -0.3 is 10.6 Å². The molecule has 0 radical (unpaired) electrons. The third-order valence-corrected chi connectivity index (χ3v) is 3.28. The summed E-state index contributed by atoms with van der Waals surface area (Å²) in [4.78, 5) is 12.0. The summed E-state index contributed by atoms with van der Waals surface area (Å²) in [6.07, 6.45) is -2.78. The summed E-state index contributed by atoms with van der Waals surface area (Å²) in [6, 6.07) is 3.59. The molecule has 3 nitrogen and oxygen atoms in total. The summed E-state index contributed by atoms with van der Waals surface area (Å²) in [7, 11) is 1.38. The van der Waals surface area contributed by atoms with Gasteiger partial charge in [-0.2, -0.15) is 13.2 Å². The molecule has 1 amide bonds. The number of carbonyl (C=O) groups is 1. The first kappa shape index (κ1) is 13.7. The van der Waals surface area contributed by atoms with Crippen molar-refractivity contribution in [3.8, 4) is 0 Å². The third-order valence-electron chi connectivity index (χ3n) is 3.28. The molecule has 1 saturated carbocycles. The molecule has 0 spiro atoms. The molecule has 19 heavy (non-hydrogen) atoms. The van der Waals surface area contributed by atoms with Crippen LogP contribution in [0.4, 0.5) is 18.9 Å². The Labute approximate surface area is 109 Å². The number of carbonyl (C=O) groups excluding carboxylic acids is 1. The molecule has 0 aliphatic heterocycles. The van der Waals surface area contributed by atoms with Crippen LogP contribution in [0.3, 0.4) is 0 Å². The Morgan fingerprint density at radius 3 is 2.42 bits per heavy atom. The molecule has 1 aliphatic carbocycles. The van der Waals surface area contributed by atoms with Crippen LogP contribution in [0.15, 0.2) is 18.2 Å². The average molecular weight is 272 g/mol. The van der Waals surface area contributed by atoms with E-state index in [1.807, 2.05) is 6.92 Å². The minimum absolute atomic E-state index is 0.0189. The van der Waals surface area contributed by atoms with Crippen molar-refractivity contribution in [2.75, 3.05) is 12.4 Å². The lowest BCUT2D eigenvalue weighted by Crippen LogP contribution is -2.34. The van der Waals surface area contributed by atoms with Gasteiger partial charge in [-0.3, -0.25) is 4.79 Å². The molecule has 0 bridgehead atoms. The van der Waals surface area contributed by atoms with Gasteiger partial charge in [0.1, 0.15) is 0 Å². The van der Waals surface area contributed by atoms with E-state index in [9.17, 15) is 18.0 Å². The molecule has 0 aromatic heterocycles. The summed E-state index contributed by atoms with van der Waals surface area (Å²) in [5.74, 6) is -0.476. The SMILES string of the molecule is CNc1c(C(=O)NC2(C)CC2)cccc1C(F)(F)F. The average Bonchev–Trinajstić information content (AvgIpc) is 3.04. The van der Waals surface area contributed by atoms with Gasteiger partial charge >= 0.3 is 6.18 Å². The second kappa shape index (κ2) is 4.43. The minimum Gasteiger partial charge on any atom is -0.387 e. The van der Waals surface area contributed by atoms with Crippen molar-refractivity contribution in [2.45, 2.75) is 31.5 Å². The van der Waals surface area contributed by atoms with Crippen LogP contribution in [-0.4, -0.2) is 18.5 Å². The van der Waals surface area contributed by atoms with E-state index in [1.54, 1.807) is 0 Å². The molecule has 0 heterocycles. The smallest absolute Gasteiger partial charge is 0.387 e. The van der Waals surface area contributed by atoms with Crippen LogP contribution in [0.2, 0.25) is 0 Å². The van der Waals surface area contributed by atoms with Gasteiger partial charge in [-0.05, 0) is 31.9 Å². The van der Waals surface area contributed by atoms with Gasteiger partial charge in [0, 0.05) is 12.6 Å². The van der Waals surface area contributed by atoms with E-state index in [-0.39, 0.29) is 16.8 Å². The highest BCUT2D eigenvalue weighted by Gasteiger charge is 2.40. The molecule has 0 unspecified atom stereocenters. The number of rotatable bonds is 3. The molecule has 1 aromatic carbocycles. The monoisotopic (exact) mass is 272 g/mol. The van der Waals surface area contributed by atoms with Crippen LogP contribution in [0, 0.1) is 0 Å². The van der Waals surface area contributed by atoms with Crippen molar-refractivity contribution in [3.63, 3.8) is 0 Å². The Bertz CT molecular complexity index is 507. The highest BCUT2D eigenvalue weighted by molar-refractivity contribution is 6.01. The lowest BCUT2D eigenvalue weighted by atomic mass is 10.1. The minimum atomic E-state index is -4.49. The van der Waals surface area contributed by atoms with Crippen LogP contribution >= 0.6 is 0 Å². The first-order chi connectivity index (χ1) is 8.77. The molecule has 104 valence electrons. The Morgan fingerprint density at radius 2 is 1.95 bits per heavy atom. The number of anilines is 1. The number of hydrogen-bond donors (Lipinski definition) is 2. The van der Waals surface area contributed by atoms with Crippen molar-refractivity contribution >= 4 is 11.6 Å². The van der Waals surface area contributed by atoms with Crippen LogP contribution < -0.4 is 10.6 Å². The van der Waals surface area contributed by atoms with Gasteiger partial charge in [-0.15, -0.1) is 0 Å². The summed E-state index contributed by atoms with van der Waals surface area (Å²) < 4.78 is 38.6. The molecule has 6 heteroatoms. The summed E-state index contributed by atoms with van der Waals surface area (Å²) in [6.45, 7) is 1.87. The molecule has 1 fully saturated rings. The maximum Gasteiger partial charge on any atom is 0.418 e.